The molecule has 0 radical (unpaired) electrons. The van der Waals surface area contributed by atoms with Gasteiger partial charge in [-0.3, -0.25) is 10.1 Å². The number of thiophene rings is 1. The van der Waals surface area contributed by atoms with Crippen molar-refractivity contribution in [1.29, 1.82) is 5.26 Å². The highest BCUT2D eigenvalue weighted by Gasteiger charge is 2.23. The van der Waals surface area contributed by atoms with E-state index in [1.165, 1.54) is 16.2 Å². The number of anilines is 1. The first-order valence-electron chi connectivity index (χ1n) is 9.48. The van der Waals surface area contributed by atoms with Gasteiger partial charge in [-0.2, -0.15) is 5.26 Å². The number of hydrogen-bond donors (Lipinski definition) is 2. The van der Waals surface area contributed by atoms with Crippen LogP contribution in [-0.4, -0.2) is 17.6 Å². The monoisotopic (exact) mass is 491 g/mol. The summed E-state index contributed by atoms with van der Waals surface area (Å²) in [5, 5.41) is 16.1. The molecule has 0 spiro atoms. The standard InChI is InChI=1S/C21H22BrN3O2S2/c1-12(2)8-9-27-17-7-6-13(22)10-15(17)19(26)24-21(28)25-20-16(11-23)14-4-3-5-18(14)29-20/h6-7,10,12H,3-5,8-9H2,1-2H3,(H2,24,25,26,28). The Morgan fingerprint density at radius 2 is 2.21 bits per heavy atom. The Hall–Kier alpha value is -1.95. The highest BCUT2D eigenvalue weighted by atomic mass is 79.9. The minimum Gasteiger partial charge on any atom is -0.493 e. The lowest BCUT2D eigenvalue weighted by Crippen LogP contribution is -2.34. The van der Waals surface area contributed by atoms with Crippen LogP contribution in [-0.2, 0) is 12.8 Å². The molecule has 2 N–H and O–H groups in total. The number of aryl methyl sites for hydroxylation is 1. The van der Waals surface area contributed by atoms with Gasteiger partial charge in [-0.1, -0.05) is 29.8 Å². The summed E-state index contributed by atoms with van der Waals surface area (Å²) in [6.07, 6.45) is 3.89. The third-order valence-corrected chi connectivity index (χ3v) is 6.53. The van der Waals surface area contributed by atoms with Crippen molar-refractivity contribution >= 4 is 55.5 Å². The summed E-state index contributed by atoms with van der Waals surface area (Å²) in [7, 11) is 0. The summed E-state index contributed by atoms with van der Waals surface area (Å²) in [5.41, 5.74) is 2.16. The van der Waals surface area contributed by atoms with Gasteiger partial charge in [0.25, 0.3) is 5.91 Å². The largest absolute Gasteiger partial charge is 0.493 e. The van der Waals surface area contributed by atoms with Crippen LogP contribution in [0.2, 0.25) is 0 Å². The molecule has 1 heterocycles. The fourth-order valence-electron chi connectivity index (χ4n) is 3.13. The normalized spacial score (nSPS) is 12.4. The van der Waals surface area contributed by atoms with Crippen molar-refractivity contribution in [3.8, 4) is 11.8 Å². The van der Waals surface area contributed by atoms with Crippen LogP contribution in [0, 0.1) is 17.2 Å². The highest BCUT2D eigenvalue weighted by molar-refractivity contribution is 9.10. The Bertz CT molecular complexity index is 979. The van der Waals surface area contributed by atoms with Crippen molar-refractivity contribution in [3.05, 3.63) is 44.2 Å². The number of ether oxygens (including phenoxy) is 1. The third kappa shape index (κ3) is 5.35. The van der Waals surface area contributed by atoms with Gasteiger partial charge in [-0.25, -0.2) is 0 Å². The minimum absolute atomic E-state index is 0.166. The van der Waals surface area contributed by atoms with Crippen molar-refractivity contribution in [2.75, 3.05) is 11.9 Å². The second kappa shape index (κ2) is 9.70. The van der Waals surface area contributed by atoms with Gasteiger partial charge in [0.15, 0.2) is 5.11 Å². The van der Waals surface area contributed by atoms with Crippen molar-refractivity contribution in [3.63, 3.8) is 0 Å². The molecule has 0 unspecified atom stereocenters. The third-order valence-electron chi connectivity index (χ3n) is 4.63. The molecule has 3 rings (SSSR count). The summed E-state index contributed by atoms with van der Waals surface area (Å²) >= 11 is 10.3. The van der Waals surface area contributed by atoms with E-state index in [1.54, 1.807) is 12.1 Å². The van der Waals surface area contributed by atoms with E-state index in [2.05, 4.69) is 46.5 Å². The fourth-order valence-corrected chi connectivity index (χ4v) is 4.99. The van der Waals surface area contributed by atoms with Crippen LogP contribution < -0.4 is 15.4 Å². The zero-order chi connectivity index (χ0) is 21.0. The second-order valence-corrected chi connectivity index (χ2v) is 9.68. The topological polar surface area (TPSA) is 74.2 Å². The molecule has 8 heteroatoms. The van der Waals surface area contributed by atoms with Crippen molar-refractivity contribution in [2.45, 2.75) is 39.5 Å². The molecule has 0 fully saturated rings. The van der Waals surface area contributed by atoms with Gasteiger partial charge in [-0.15, -0.1) is 11.3 Å². The number of fused-ring (bicyclic) bond motifs is 1. The summed E-state index contributed by atoms with van der Waals surface area (Å²) in [4.78, 5) is 14.0. The zero-order valence-corrected chi connectivity index (χ0v) is 19.5. The lowest BCUT2D eigenvalue weighted by molar-refractivity contribution is 0.0973. The number of benzene rings is 1. The fraction of sp³-hybridized carbons (Fsp3) is 0.381. The molecule has 1 aromatic heterocycles. The van der Waals surface area contributed by atoms with E-state index in [0.29, 0.717) is 34.4 Å². The molecule has 0 saturated carbocycles. The van der Waals surface area contributed by atoms with Crippen molar-refractivity contribution in [1.82, 2.24) is 5.32 Å². The number of carbonyl (C=O) groups excluding carboxylic acids is 1. The van der Waals surface area contributed by atoms with Crippen LogP contribution in [0.25, 0.3) is 0 Å². The number of rotatable bonds is 6. The van der Waals surface area contributed by atoms with Crippen LogP contribution in [0.3, 0.4) is 0 Å². The molecular weight excluding hydrogens is 470 g/mol. The molecule has 0 saturated heterocycles. The van der Waals surface area contributed by atoms with E-state index >= 15 is 0 Å². The molecule has 5 nitrogen and oxygen atoms in total. The summed E-state index contributed by atoms with van der Waals surface area (Å²) < 4.78 is 6.59. The molecule has 1 aromatic carbocycles. The minimum atomic E-state index is -0.356. The van der Waals surface area contributed by atoms with Crippen LogP contribution in [0.1, 0.15) is 53.1 Å². The maximum absolute atomic E-state index is 12.8. The van der Waals surface area contributed by atoms with Gasteiger partial charge >= 0.3 is 0 Å². The smallest absolute Gasteiger partial charge is 0.261 e. The number of amides is 1. The molecule has 1 aliphatic rings. The van der Waals surface area contributed by atoms with Gasteiger partial charge in [0.05, 0.1) is 17.7 Å². The number of nitrogens with one attached hydrogen (secondary N) is 2. The number of thiocarbonyl (C=S) groups is 1. The zero-order valence-electron chi connectivity index (χ0n) is 16.3. The lowest BCUT2D eigenvalue weighted by atomic mass is 10.1. The van der Waals surface area contributed by atoms with Crippen LogP contribution in [0.5, 0.6) is 5.75 Å². The first kappa shape index (κ1) is 21.8. The van der Waals surface area contributed by atoms with Crippen molar-refractivity contribution in [2.24, 2.45) is 5.92 Å². The van der Waals surface area contributed by atoms with E-state index in [1.807, 2.05) is 6.07 Å². The molecule has 1 amide bonds. The molecule has 2 aromatic rings. The Kier molecular flexibility index (Phi) is 7.28. The van der Waals surface area contributed by atoms with Crippen LogP contribution in [0.4, 0.5) is 5.00 Å². The van der Waals surface area contributed by atoms with Crippen molar-refractivity contribution < 1.29 is 9.53 Å². The molecule has 0 bridgehead atoms. The molecular formula is C21H22BrN3O2S2. The van der Waals surface area contributed by atoms with Crippen LogP contribution >= 0.6 is 39.5 Å². The van der Waals surface area contributed by atoms with Crippen LogP contribution in [0.15, 0.2) is 22.7 Å². The molecule has 0 aliphatic heterocycles. The van der Waals surface area contributed by atoms with E-state index < -0.39 is 0 Å². The Morgan fingerprint density at radius 1 is 1.41 bits per heavy atom. The number of nitrogens with zero attached hydrogens (tertiary/aromatic N) is 1. The Labute approximate surface area is 188 Å². The second-order valence-electron chi connectivity index (χ2n) is 7.25. The predicted molar refractivity (Wildman–Crippen MR) is 124 cm³/mol. The van der Waals surface area contributed by atoms with Gasteiger partial charge < -0.3 is 10.1 Å². The average molecular weight is 492 g/mol. The summed E-state index contributed by atoms with van der Waals surface area (Å²) in [6, 6.07) is 7.58. The van der Waals surface area contributed by atoms with Gasteiger partial charge in [0.2, 0.25) is 0 Å². The Morgan fingerprint density at radius 3 is 2.93 bits per heavy atom. The molecule has 29 heavy (non-hydrogen) atoms. The first-order chi connectivity index (χ1) is 13.9. The summed E-state index contributed by atoms with van der Waals surface area (Å²) in [5.74, 6) is 0.675. The highest BCUT2D eigenvalue weighted by Crippen LogP contribution is 2.38. The summed E-state index contributed by atoms with van der Waals surface area (Å²) in [6.45, 7) is 4.78. The molecule has 152 valence electrons. The van der Waals surface area contributed by atoms with E-state index in [4.69, 9.17) is 17.0 Å². The SMILES string of the molecule is CC(C)CCOc1ccc(Br)cc1C(=O)NC(=S)Nc1sc2c(c1C#N)CCC2. The quantitative estimate of drug-likeness (QED) is 0.527. The van der Waals surface area contributed by atoms with Gasteiger partial charge in [-0.05, 0) is 67.6 Å². The number of carbonyl (C=O) groups is 1. The maximum atomic E-state index is 12.8. The predicted octanol–water partition coefficient (Wildman–Crippen LogP) is 5.42. The van der Waals surface area contributed by atoms with Gasteiger partial charge in [0.1, 0.15) is 16.8 Å². The van der Waals surface area contributed by atoms with Gasteiger partial charge in [0, 0.05) is 9.35 Å². The Balaban J connectivity index is 1.69. The van der Waals surface area contributed by atoms with E-state index in [9.17, 15) is 10.1 Å². The molecule has 1 aliphatic carbocycles. The lowest BCUT2D eigenvalue weighted by Gasteiger charge is -2.14. The average Bonchev–Trinajstić information content (AvgIpc) is 3.23. The number of halogens is 1. The number of hydrogen-bond acceptors (Lipinski definition) is 5. The first-order valence-corrected chi connectivity index (χ1v) is 11.5. The number of nitriles is 1. The van der Waals surface area contributed by atoms with E-state index in [0.717, 1.165) is 35.7 Å². The molecule has 0 atom stereocenters. The maximum Gasteiger partial charge on any atom is 0.261 e. The van der Waals surface area contributed by atoms with E-state index in [-0.39, 0.29) is 11.0 Å².